The summed E-state index contributed by atoms with van der Waals surface area (Å²) in [7, 11) is 3.88. The molecular weight excluding hydrogens is 304 g/mol. The summed E-state index contributed by atoms with van der Waals surface area (Å²) in [6, 6.07) is 14.7. The molecule has 24 heavy (non-hydrogen) atoms. The van der Waals surface area contributed by atoms with E-state index in [2.05, 4.69) is 15.5 Å². The van der Waals surface area contributed by atoms with Gasteiger partial charge in [-0.3, -0.25) is 4.79 Å². The first-order chi connectivity index (χ1) is 11.5. The molecule has 3 aromatic rings. The number of nitrogens with one attached hydrogen (secondary N) is 1. The zero-order valence-electron chi connectivity index (χ0n) is 13.8. The summed E-state index contributed by atoms with van der Waals surface area (Å²) in [5.74, 6) is 0.826. The van der Waals surface area contributed by atoms with Crippen LogP contribution in [-0.4, -0.2) is 30.2 Å². The Morgan fingerprint density at radius 1 is 1.08 bits per heavy atom. The van der Waals surface area contributed by atoms with E-state index in [0.717, 1.165) is 11.3 Å². The van der Waals surface area contributed by atoms with Gasteiger partial charge in [0.1, 0.15) is 0 Å². The van der Waals surface area contributed by atoms with Crippen LogP contribution in [0.15, 0.2) is 52.9 Å². The van der Waals surface area contributed by atoms with Gasteiger partial charge < -0.3 is 14.6 Å². The normalized spacial score (nSPS) is 10.5. The van der Waals surface area contributed by atoms with E-state index in [-0.39, 0.29) is 5.91 Å². The zero-order valence-corrected chi connectivity index (χ0v) is 13.8. The molecule has 0 saturated carbocycles. The van der Waals surface area contributed by atoms with Crippen LogP contribution in [0.3, 0.4) is 0 Å². The minimum absolute atomic E-state index is 0.153. The summed E-state index contributed by atoms with van der Waals surface area (Å²) in [4.78, 5) is 14.3. The van der Waals surface area contributed by atoms with E-state index in [1.165, 1.54) is 0 Å². The summed E-state index contributed by atoms with van der Waals surface area (Å²) in [6.07, 6.45) is 0. The van der Waals surface area contributed by atoms with Gasteiger partial charge in [-0.1, -0.05) is 6.07 Å². The lowest BCUT2D eigenvalue weighted by Crippen LogP contribution is -2.14. The van der Waals surface area contributed by atoms with Gasteiger partial charge in [-0.15, -0.1) is 10.2 Å². The van der Waals surface area contributed by atoms with Crippen LogP contribution >= 0.6 is 0 Å². The van der Waals surface area contributed by atoms with Crippen LogP contribution in [0.2, 0.25) is 0 Å². The smallest absolute Gasteiger partial charge is 0.255 e. The van der Waals surface area contributed by atoms with Crippen molar-refractivity contribution in [2.45, 2.75) is 6.92 Å². The molecule has 1 amide bonds. The molecule has 1 heterocycles. The topological polar surface area (TPSA) is 71.3 Å². The molecule has 0 saturated heterocycles. The van der Waals surface area contributed by atoms with Crippen LogP contribution in [-0.2, 0) is 0 Å². The maximum absolute atomic E-state index is 12.4. The molecule has 1 aromatic heterocycles. The van der Waals surface area contributed by atoms with Crippen LogP contribution in [0.1, 0.15) is 16.2 Å². The molecule has 0 atom stereocenters. The van der Waals surface area contributed by atoms with Crippen molar-refractivity contribution >= 4 is 17.3 Å². The molecule has 0 spiro atoms. The highest BCUT2D eigenvalue weighted by Crippen LogP contribution is 2.21. The fraction of sp³-hybridized carbons (Fsp3) is 0.167. The Kier molecular flexibility index (Phi) is 4.29. The number of anilines is 2. The summed E-state index contributed by atoms with van der Waals surface area (Å²) in [5, 5.41) is 10.7. The number of amides is 1. The van der Waals surface area contributed by atoms with E-state index in [9.17, 15) is 4.79 Å². The van der Waals surface area contributed by atoms with Gasteiger partial charge in [-0.05, 0) is 42.5 Å². The minimum Gasteiger partial charge on any atom is -0.421 e. The Morgan fingerprint density at radius 2 is 1.83 bits per heavy atom. The largest absolute Gasteiger partial charge is 0.421 e. The van der Waals surface area contributed by atoms with Gasteiger partial charge >= 0.3 is 0 Å². The maximum atomic E-state index is 12.4. The first-order valence-electron chi connectivity index (χ1n) is 7.52. The van der Waals surface area contributed by atoms with Crippen molar-refractivity contribution in [1.82, 2.24) is 10.2 Å². The van der Waals surface area contributed by atoms with Gasteiger partial charge in [0.25, 0.3) is 5.91 Å². The standard InChI is InChI=1S/C18H18N4O2/c1-12-20-21-18(24-12)13-7-9-15(10-8-13)19-17(23)14-5-4-6-16(11-14)22(2)3/h4-11H,1-3H3,(H,19,23). The first-order valence-corrected chi connectivity index (χ1v) is 7.52. The summed E-state index contributed by atoms with van der Waals surface area (Å²) in [6.45, 7) is 1.74. The lowest BCUT2D eigenvalue weighted by molar-refractivity contribution is 0.102. The second-order valence-corrected chi connectivity index (χ2v) is 5.60. The molecule has 0 bridgehead atoms. The molecule has 6 heteroatoms. The van der Waals surface area contributed by atoms with Gasteiger partial charge in [0.05, 0.1) is 0 Å². The van der Waals surface area contributed by atoms with Crippen LogP contribution in [0.5, 0.6) is 0 Å². The van der Waals surface area contributed by atoms with Crippen molar-refractivity contribution in [3.63, 3.8) is 0 Å². The van der Waals surface area contributed by atoms with Crippen molar-refractivity contribution in [1.29, 1.82) is 0 Å². The number of carbonyl (C=O) groups excluding carboxylic acids is 1. The number of benzene rings is 2. The Bertz CT molecular complexity index is 853. The fourth-order valence-corrected chi connectivity index (χ4v) is 2.24. The lowest BCUT2D eigenvalue weighted by Gasteiger charge is -2.13. The molecule has 122 valence electrons. The van der Waals surface area contributed by atoms with Crippen molar-refractivity contribution in [3.8, 4) is 11.5 Å². The zero-order chi connectivity index (χ0) is 17.1. The third kappa shape index (κ3) is 3.43. The fourth-order valence-electron chi connectivity index (χ4n) is 2.24. The van der Waals surface area contributed by atoms with E-state index < -0.39 is 0 Å². The van der Waals surface area contributed by atoms with Crippen LogP contribution < -0.4 is 10.2 Å². The number of nitrogens with zero attached hydrogens (tertiary/aromatic N) is 3. The molecule has 0 aliphatic heterocycles. The predicted molar refractivity (Wildman–Crippen MR) is 93.2 cm³/mol. The van der Waals surface area contributed by atoms with E-state index in [4.69, 9.17) is 4.42 Å². The van der Waals surface area contributed by atoms with Crippen molar-refractivity contribution in [3.05, 3.63) is 60.0 Å². The Balaban J connectivity index is 1.74. The number of aryl methyl sites for hydroxylation is 1. The monoisotopic (exact) mass is 322 g/mol. The van der Waals surface area contributed by atoms with E-state index >= 15 is 0 Å². The summed E-state index contributed by atoms with van der Waals surface area (Å²) in [5.41, 5.74) is 3.10. The average Bonchev–Trinajstić information content (AvgIpc) is 3.02. The third-order valence-corrected chi connectivity index (χ3v) is 3.54. The second-order valence-electron chi connectivity index (χ2n) is 5.60. The molecular formula is C18H18N4O2. The third-order valence-electron chi connectivity index (χ3n) is 3.54. The number of carbonyl (C=O) groups is 1. The Hall–Kier alpha value is -3.15. The number of hydrogen-bond acceptors (Lipinski definition) is 5. The van der Waals surface area contributed by atoms with Gasteiger partial charge in [0, 0.05) is 43.5 Å². The molecule has 0 fully saturated rings. The van der Waals surface area contributed by atoms with Gasteiger partial charge in [0.2, 0.25) is 11.8 Å². The predicted octanol–water partition coefficient (Wildman–Crippen LogP) is 3.36. The molecule has 3 rings (SSSR count). The second kappa shape index (κ2) is 6.54. The molecule has 0 unspecified atom stereocenters. The van der Waals surface area contributed by atoms with Crippen molar-refractivity contribution in [2.24, 2.45) is 0 Å². The van der Waals surface area contributed by atoms with Crippen molar-refractivity contribution < 1.29 is 9.21 Å². The Labute approximate surface area is 140 Å². The number of hydrogen-bond donors (Lipinski definition) is 1. The van der Waals surface area contributed by atoms with Gasteiger partial charge in [-0.2, -0.15) is 0 Å². The summed E-state index contributed by atoms with van der Waals surface area (Å²) >= 11 is 0. The highest BCUT2D eigenvalue weighted by atomic mass is 16.4. The van der Waals surface area contributed by atoms with Crippen LogP contribution in [0.25, 0.3) is 11.5 Å². The van der Waals surface area contributed by atoms with Crippen LogP contribution in [0, 0.1) is 6.92 Å². The SMILES string of the molecule is Cc1nnc(-c2ccc(NC(=O)c3cccc(N(C)C)c3)cc2)o1. The quantitative estimate of drug-likeness (QED) is 0.797. The average molecular weight is 322 g/mol. The molecule has 2 aromatic carbocycles. The molecule has 0 aliphatic rings. The van der Waals surface area contributed by atoms with E-state index in [0.29, 0.717) is 23.0 Å². The molecule has 6 nitrogen and oxygen atoms in total. The Morgan fingerprint density at radius 3 is 2.46 bits per heavy atom. The highest BCUT2D eigenvalue weighted by Gasteiger charge is 2.09. The minimum atomic E-state index is -0.153. The summed E-state index contributed by atoms with van der Waals surface area (Å²) < 4.78 is 5.38. The lowest BCUT2D eigenvalue weighted by atomic mass is 10.1. The van der Waals surface area contributed by atoms with E-state index in [1.54, 1.807) is 13.0 Å². The number of rotatable bonds is 4. The first kappa shape index (κ1) is 15.7. The maximum Gasteiger partial charge on any atom is 0.255 e. The van der Waals surface area contributed by atoms with E-state index in [1.807, 2.05) is 61.5 Å². The van der Waals surface area contributed by atoms with Crippen molar-refractivity contribution in [2.75, 3.05) is 24.3 Å². The molecule has 1 N–H and O–H groups in total. The van der Waals surface area contributed by atoms with Crippen LogP contribution in [0.4, 0.5) is 11.4 Å². The highest BCUT2D eigenvalue weighted by molar-refractivity contribution is 6.04. The van der Waals surface area contributed by atoms with Gasteiger partial charge in [-0.25, -0.2) is 0 Å². The molecule has 0 radical (unpaired) electrons. The number of aromatic nitrogens is 2. The molecule has 0 aliphatic carbocycles. The van der Waals surface area contributed by atoms with Gasteiger partial charge in [0.15, 0.2) is 0 Å².